The Morgan fingerprint density at radius 3 is 2.33 bits per heavy atom. The second-order valence-electron chi connectivity index (χ2n) is 0.657. The third-order valence-electron chi connectivity index (χ3n) is 0.166. The second-order valence-corrected chi connectivity index (χ2v) is 0.989. The second kappa shape index (κ2) is 2.84. The SMILES string of the molecule is CC(=O)O[SH]=O. The van der Waals surface area contributed by atoms with E-state index in [1.165, 1.54) is 6.92 Å². The molecule has 0 aliphatic heterocycles. The lowest BCUT2D eigenvalue weighted by atomic mass is 10.9. The maximum atomic E-state index is 9.61. The van der Waals surface area contributed by atoms with Crippen molar-refractivity contribution < 1.29 is 13.2 Å². The zero-order valence-electron chi connectivity index (χ0n) is 3.17. The summed E-state index contributed by atoms with van der Waals surface area (Å²) in [6.07, 6.45) is 0. The lowest BCUT2D eigenvalue weighted by Crippen LogP contribution is -1.89. The Labute approximate surface area is 39.0 Å². The lowest BCUT2D eigenvalue weighted by Gasteiger charge is -1.78. The van der Waals surface area contributed by atoms with Crippen molar-refractivity contribution in [1.29, 1.82) is 0 Å². The van der Waals surface area contributed by atoms with Crippen LogP contribution in [0.5, 0.6) is 0 Å². The molecule has 0 aliphatic rings. The van der Waals surface area contributed by atoms with Crippen molar-refractivity contribution in [3.05, 3.63) is 0 Å². The highest BCUT2D eigenvalue weighted by Gasteiger charge is 1.81. The van der Waals surface area contributed by atoms with Crippen LogP contribution in [0.25, 0.3) is 0 Å². The van der Waals surface area contributed by atoms with Crippen molar-refractivity contribution in [1.82, 2.24) is 0 Å². The van der Waals surface area contributed by atoms with E-state index in [9.17, 15) is 9.00 Å². The number of carbonyl (C=O) groups excluding carboxylic acids is 1. The van der Waals surface area contributed by atoms with E-state index in [4.69, 9.17) is 0 Å². The topological polar surface area (TPSA) is 43.4 Å². The smallest absolute Gasteiger partial charge is 0.316 e. The first kappa shape index (κ1) is 5.62. The van der Waals surface area contributed by atoms with Crippen molar-refractivity contribution in [3.8, 4) is 0 Å². The van der Waals surface area contributed by atoms with Gasteiger partial charge in [0.1, 0.15) is 0 Å². The normalized spacial score (nSPS) is 7.50. The molecule has 3 nitrogen and oxygen atoms in total. The Morgan fingerprint density at radius 1 is 1.83 bits per heavy atom. The summed E-state index contributed by atoms with van der Waals surface area (Å²) in [4.78, 5) is 9.61. The molecule has 0 rings (SSSR count). The summed E-state index contributed by atoms with van der Waals surface area (Å²) >= 11 is -0.576. The highest BCUT2D eigenvalue weighted by Crippen LogP contribution is 1.66. The molecule has 0 aromatic carbocycles. The largest absolute Gasteiger partial charge is 0.366 e. The van der Waals surface area contributed by atoms with E-state index < -0.39 is 17.9 Å². The number of rotatable bonds is 1. The summed E-state index contributed by atoms with van der Waals surface area (Å²) in [7, 11) is 0. The first-order chi connectivity index (χ1) is 2.77. The van der Waals surface area contributed by atoms with Crippen LogP contribution in [-0.2, 0) is 20.9 Å². The number of hydrogen-bond acceptors (Lipinski definition) is 3. The van der Waals surface area contributed by atoms with Gasteiger partial charge >= 0.3 is 5.97 Å². The third kappa shape index (κ3) is 3.62. The van der Waals surface area contributed by atoms with Crippen molar-refractivity contribution in [3.63, 3.8) is 0 Å². The Hall–Kier alpha value is -0.380. The van der Waals surface area contributed by atoms with Gasteiger partial charge in [0.2, 0.25) is 0 Å². The molecule has 0 bridgehead atoms. The fourth-order valence-corrected chi connectivity index (χ4v) is 0.157. The average Bonchev–Trinajstić information content (AvgIpc) is 1.35. The van der Waals surface area contributed by atoms with Crippen molar-refractivity contribution in [2.45, 2.75) is 6.92 Å². The summed E-state index contributed by atoms with van der Waals surface area (Å²) in [6, 6.07) is 0. The van der Waals surface area contributed by atoms with Crippen LogP contribution < -0.4 is 0 Å². The molecule has 0 aromatic rings. The molecule has 6 heavy (non-hydrogen) atoms. The first-order valence-corrected chi connectivity index (χ1v) is 2.00. The van der Waals surface area contributed by atoms with Gasteiger partial charge in [-0.05, 0) is 0 Å². The van der Waals surface area contributed by atoms with Gasteiger partial charge in [-0.1, -0.05) is 0 Å². The van der Waals surface area contributed by atoms with Crippen LogP contribution in [0.4, 0.5) is 0 Å². The molecule has 0 saturated carbocycles. The maximum Gasteiger partial charge on any atom is 0.316 e. The van der Waals surface area contributed by atoms with Gasteiger partial charge in [-0.25, -0.2) is 4.21 Å². The van der Waals surface area contributed by atoms with Crippen LogP contribution in [0.3, 0.4) is 0 Å². The van der Waals surface area contributed by atoms with E-state index in [1.807, 2.05) is 0 Å². The summed E-state index contributed by atoms with van der Waals surface area (Å²) in [5, 5.41) is 0. The molecule has 0 unspecified atom stereocenters. The molecule has 0 aliphatic carbocycles. The Balaban J connectivity index is 3.05. The molecule has 0 saturated heterocycles. The molecule has 36 valence electrons. The summed E-state index contributed by atoms with van der Waals surface area (Å²) in [5.74, 6) is -0.535. The molecule has 0 heterocycles. The molecule has 0 fully saturated rings. The van der Waals surface area contributed by atoms with Crippen molar-refractivity contribution in [2.24, 2.45) is 0 Å². The van der Waals surface area contributed by atoms with Crippen molar-refractivity contribution >= 4 is 17.9 Å². The molecule has 0 radical (unpaired) electrons. The fourth-order valence-electron chi connectivity index (χ4n) is 0.0525. The van der Waals surface area contributed by atoms with Crippen LogP contribution >= 0.6 is 0 Å². The van der Waals surface area contributed by atoms with Gasteiger partial charge in [-0.15, -0.1) is 0 Å². The molecule has 0 atom stereocenters. The standard InChI is InChI=1S/C2H4O3S/c1-2(3)5-6-4/h6H,1H3. The lowest BCUT2D eigenvalue weighted by molar-refractivity contribution is -0.130. The summed E-state index contributed by atoms with van der Waals surface area (Å²) < 4.78 is 13.1. The number of thiol groups is 1. The molecule has 0 spiro atoms. The predicted molar refractivity (Wildman–Crippen MR) is 21.3 cm³/mol. The van der Waals surface area contributed by atoms with Crippen LogP contribution in [0.1, 0.15) is 6.92 Å². The molecule has 0 N–H and O–H groups in total. The highest BCUT2D eigenvalue weighted by atomic mass is 32.2. The molecule has 4 heteroatoms. The fraction of sp³-hybridized carbons (Fsp3) is 0.500. The van der Waals surface area contributed by atoms with E-state index in [-0.39, 0.29) is 0 Å². The van der Waals surface area contributed by atoms with E-state index in [0.29, 0.717) is 0 Å². The van der Waals surface area contributed by atoms with E-state index >= 15 is 0 Å². The van der Waals surface area contributed by atoms with Gasteiger partial charge in [-0.2, -0.15) is 0 Å². The molecule has 0 aromatic heterocycles. The molecular weight excluding hydrogens is 104 g/mol. The predicted octanol–water partition coefficient (Wildman–Crippen LogP) is -0.590. The van der Waals surface area contributed by atoms with Crippen molar-refractivity contribution in [2.75, 3.05) is 0 Å². The van der Waals surface area contributed by atoms with Gasteiger partial charge in [0.05, 0.1) is 0 Å². The van der Waals surface area contributed by atoms with E-state index in [2.05, 4.69) is 4.18 Å². The highest BCUT2D eigenvalue weighted by molar-refractivity contribution is 7.60. The van der Waals surface area contributed by atoms with Gasteiger partial charge in [0, 0.05) is 6.92 Å². The van der Waals surface area contributed by atoms with E-state index in [1.54, 1.807) is 0 Å². The zero-order chi connectivity index (χ0) is 4.99. The van der Waals surface area contributed by atoms with Gasteiger partial charge in [0.25, 0.3) is 0 Å². The average molecular weight is 108 g/mol. The van der Waals surface area contributed by atoms with Crippen LogP contribution in [0.2, 0.25) is 0 Å². The van der Waals surface area contributed by atoms with Crippen LogP contribution in [0.15, 0.2) is 0 Å². The van der Waals surface area contributed by atoms with Crippen LogP contribution in [-0.4, -0.2) is 10.2 Å². The van der Waals surface area contributed by atoms with E-state index in [0.717, 1.165) is 0 Å². The minimum absolute atomic E-state index is 0.535. The minimum Gasteiger partial charge on any atom is -0.366 e. The summed E-state index contributed by atoms with van der Waals surface area (Å²) in [6.45, 7) is 1.19. The number of hydrogen-bond donors (Lipinski definition) is 1. The maximum absolute atomic E-state index is 9.61. The van der Waals surface area contributed by atoms with Gasteiger partial charge in [0.15, 0.2) is 11.9 Å². The first-order valence-electron chi connectivity index (χ1n) is 1.27. The number of carbonyl (C=O) groups is 1. The Morgan fingerprint density at radius 2 is 2.33 bits per heavy atom. The monoisotopic (exact) mass is 108 g/mol. The third-order valence-corrected chi connectivity index (χ3v) is 0.497. The quantitative estimate of drug-likeness (QED) is 0.456. The van der Waals surface area contributed by atoms with Gasteiger partial charge < -0.3 is 4.18 Å². The zero-order valence-corrected chi connectivity index (χ0v) is 4.07. The summed E-state index contributed by atoms with van der Waals surface area (Å²) in [5.41, 5.74) is 0. The van der Waals surface area contributed by atoms with Gasteiger partial charge in [-0.3, -0.25) is 4.79 Å². The Kier molecular flexibility index (Phi) is 2.66. The minimum atomic E-state index is -0.576. The Bertz CT molecular complexity index is 69.2. The molecule has 0 amide bonds. The molecular formula is C2H4O3S. The van der Waals surface area contributed by atoms with Crippen LogP contribution in [0, 0.1) is 0 Å².